The molecule has 0 aromatic heterocycles. The van der Waals surface area contributed by atoms with Gasteiger partial charge in [-0.05, 0) is 18.6 Å². The molecule has 1 unspecified atom stereocenters. The number of rotatable bonds is 4. The predicted molar refractivity (Wildman–Crippen MR) is 57.9 cm³/mol. The lowest BCUT2D eigenvalue weighted by Gasteiger charge is -2.12. The molecule has 3 nitrogen and oxygen atoms in total. The monoisotopic (exact) mass is 241 g/mol. The van der Waals surface area contributed by atoms with Crippen molar-refractivity contribution in [2.45, 2.75) is 29.9 Å². The maximum atomic E-state index is 13.4. The first-order valence-electron chi connectivity index (χ1n) is 4.89. The summed E-state index contributed by atoms with van der Waals surface area (Å²) in [6, 6.07) is 7.04. The number of hydrogen-bond acceptors (Lipinski definition) is 3. The quantitative estimate of drug-likeness (QED) is 0.812. The Kier molecular flexibility index (Phi) is 4.02. The van der Waals surface area contributed by atoms with Crippen molar-refractivity contribution in [2.75, 3.05) is 0 Å². The van der Waals surface area contributed by atoms with Crippen LogP contribution in [0.15, 0.2) is 29.2 Å². The van der Waals surface area contributed by atoms with Gasteiger partial charge in [-0.15, -0.1) is 0 Å². The average Bonchev–Trinajstić information content (AvgIpc) is 2.26. The number of sulfone groups is 1. The van der Waals surface area contributed by atoms with Gasteiger partial charge in [0.15, 0.2) is 9.84 Å². The molecule has 1 atom stereocenters. The van der Waals surface area contributed by atoms with Crippen molar-refractivity contribution >= 4 is 9.84 Å². The van der Waals surface area contributed by atoms with E-state index >= 15 is 0 Å². The summed E-state index contributed by atoms with van der Waals surface area (Å²) in [5.41, 5.74) is 0. The number of halogens is 1. The van der Waals surface area contributed by atoms with Crippen LogP contribution in [0.1, 0.15) is 19.8 Å². The van der Waals surface area contributed by atoms with E-state index in [-0.39, 0.29) is 11.3 Å². The van der Waals surface area contributed by atoms with Crippen molar-refractivity contribution in [1.82, 2.24) is 0 Å². The van der Waals surface area contributed by atoms with Crippen LogP contribution in [0.4, 0.5) is 4.39 Å². The van der Waals surface area contributed by atoms with Crippen LogP contribution in [0.3, 0.4) is 0 Å². The van der Waals surface area contributed by atoms with Crippen LogP contribution >= 0.6 is 0 Å². The Morgan fingerprint density at radius 2 is 2.06 bits per heavy atom. The first kappa shape index (κ1) is 12.7. The molecular formula is C11H12FNO2S. The van der Waals surface area contributed by atoms with Gasteiger partial charge in [-0.3, -0.25) is 0 Å². The zero-order valence-electron chi connectivity index (χ0n) is 8.85. The standard InChI is InChI=1S/C11H12FNO2S/c1-2-9(7-8-13)16(14,15)11-6-4-3-5-10(11)12/h3-6,9H,2,7H2,1H3. The van der Waals surface area contributed by atoms with Gasteiger partial charge in [0, 0.05) is 0 Å². The van der Waals surface area contributed by atoms with Crippen molar-refractivity contribution in [1.29, 1.82) is 5.26 Å². The maximum absolute atomic E-state index is 13.4. The molecule has 0 bridgehead atoms. The Balaban J connectivity index is 3.22. The Labute approximate surface area is 94.4 Å². The smallest absolute Gasteiger partial charge is 0.185 e. The largest absolute Gasteiger partial charge is 0.223 e. The van der Waals surface area contributed by atoms with E-state index in [9.17, 15) is 12.8 Å². The van der Waals surface area contributed by atoms with E-state index in [1.165, 1.54) is 18.2 Å². The summed E-state index contributed by atoms with van der Waals surface area (Å²) in [5.74, 6) is -0.765. The molecule has 1 aromatic carbocycles. The van der Waals surface area contributed by atoms with Gasteiger partial charge < -0.3 is 0 Å². The lowest BCUT2D eigenvalue weighted by Crippen LogP contribution is -2.21. The lowest BCUT2D eigenvalue weighted by molar-refractivity contribution is 0.553. The molecule has 0 radical (unpaired) electrons. The summed E-state index contributed by atoms with van der Waals surface area (Å²) in [7, 11) is -3.74. The molecular weight excluding hydrogens is 229 g/mol. The zero-order valence-corrected chi connectivity index (χ0v) is 9.67. The van der Waals surface area contributed by atoms with Crippen molar-refractivity contribution < 1.29 is 12.8 Å². The van der Waals surface area contributed by atoms with Gasteiger partial charge in [0.05, 0.1) is 17.7 Å². The van der Waals surface area contributed by atoms with Crippen LogP contribution in [0.25, 0.3) is 0 Å². The molecule has 0 spiro atoms. The fourth-order valence-corrected chi connectivity index (χ4v) is 3.13. The Hall–Kier alpha value is -1.41. The molecule has 0 aliphatic rings. The van der Waals surface area contributed by atoms with Gasteiger partial charge in [0.1, 0.15) is 10.7 Å². The normalized spacial score (nSPS) is 13.1. The van der Waals surface area contributed by atoms with Crippen LogP contribution < -0.4 is 0 Å². The van der Waals surface area contributed by atoms with Gasteiger partial charge in [-0.1, -0.05) is 19.1 Å². The fraction of sp³-hybridized carbons (Fsp3) is 0.364. The molecule has 16 heavy (non-hydrogen) atoms. The van der Waals surface area contributed by atoms with Gasteiger partial charge in [0.25, 0.3) is 0 Å². The summed E-state index contributed by atoms with van der Waals surface area (Å²) in [5, 5.41) is 7.70. The van der Waals surface area contributed by atoms with E-state index in [2.05, 4.69) is 0 Å². The Bertz CT molecular complexity index is 505. The van der Waals surface area contributed by atoms with Gasteiger partial charge in [0.2, 0.25) is 0 Å². The van der Waals surface area contributed by atoms with Crippen molar-refractivity contribution in [3.63, 3.8) is 0 Å². The van der Waals surface area contributed by atoms with E-state index in [0.717, 1.165) is 6.07 Å². The van der Waals surface area contributed by atoms with Crippen LogP contribution in [0, 0.1) is 17.1 Å². The van der Waals surface area contributed by atoms with Gasteiger partial charge in [-0.2, -0.15) is 5.26 Å². The highest BCUT2D eigenvalue weighted by Crippen LogP contribution is 2.22. The molecule has 0 fully saturated rings. The van der Waals surface area contributed by atoms with Crippen molar-refractivity contribution in [3.8, 4) is 6.07 Å². The summed E-state index contributed by atoms with van der Waals surface area (Å²) < 4.78 is 37.3. The minimum absolute atomic E-state index is 0.118. The molecule has 0 saturated carbocycles. The van der Waals surface area contributed by atoms with Crippen LogP contribution in [-0.4, -0.2) is 13.7 Å². The first-order chi connectivity index (χ1) is 7.54. The number of hydrogen-bond donors (Lipinski definition) is 0. The SMILES string of the molecule is CCC(CC#N)S(=O)(=O)c1ccccc1F. The summed E-state index contributed by atoms with van der Waals surface area (Å²) in [6.45, 7) is 1.67. The number of benzene rings is 1. The van der Waals surface area contributed by atoms with E-state index in [1.54, 1.807) is 6.92 Å². The summed E-state index contributed by atoms with van der Waals surface area (Å²) in [4.78, 5) is -0.322. The van der Waals surface area contributed by atoms with Crippen molar-refractivity contribution in [2.24, 2.45) is 0 Å². The van der Waals surface area contributed by atoms with E-state index in [4.69, 9.17) is 5.26 Å². The van der Waals surface area contributed by atoms with Crippen molar-refractivity contribution in [3.05, 3.63) is 30.1 Å². The second-order valence-electron chi connectivity index (χ2n) is 3.37. The Morgan fingerprint density at radius 1 is 1.44 bits per heavy atom. The fourth-order valence-electron chi connectivity index (χ4n) is 1.43. The third kappa shape index (κ3) is 2.39. The molecule has 0 saturated heterocycles. The van der Waals surface area contributed by atoms with E-state index in [0.29, 0.717) is 6.42 Å². The molecule has 0 heterocycles. The second-order valence-corrected chi connectivity index (χ2v) is 5.56. The highest BCUT2D eigenvalue weighted by Gasteiger charge is 2.28. The summed E-state index contributed by atoms with van der Waals surface area (Å²) in [6.07, 6.45) is 0.178. The first-order valence-corrected chi connectivity index (χ1v) is 6.44. The minimum atomic E-state index is -3.74. The third-order valence-corrected chi connectivity index (χ3v) is 4.68. The maximum Gasteiger partial charge on any atom is 0.185 e. The highest BCUT2D eigenvalue weighted by molar-refractivity contribution is 7.92. The number of nitriles is 1. The zero-order chi connectivity index (χ0) is 12.2. The minimum Gasteiger partial charge on any atom is -0.223 e. The molecule has 86 valence electrons. The molecule has 0 amide bonds. The van der Waals surface area contributed by atoms with Crippen LogP contribution in [-0.2, 0) is 9.84 Å². The molecule has 5 heteroatoms. The summed E-state index contributed by atoms with van der Waals surface area (Å²) >= 11 is 0. The molecule has 0 N–H and O–H groups in total. The average molecular weight is 241 g/mol. The molecule has 0 aliphatic heterocycles. The van der Waals surface area contributed by atoms with Crippen LogP contribution in [0.2, 0.25) is 0 Å². The topological polar surface area (TPSA) is 57.9 Å². The van der Waals surface area contributed by atoms with Gasteiger partial charge >= 0.3 is 0 Å². The molecule has 1 rings (SSSR count). The predicted octanol–water partition coefficient (Wildman–Crippen LogP) is 2.29. The Morgan fingerprint density at radius 3 is 2.56 bits per heavy atom. The molecule has 1 aromatic rings. The lowest BCUT2D eigenvalue weighted by atomic mass is 10.3. The van der Waals surface area contributed by atoms with Gasteiger partial charge in [-0.25, -0.2) is 12.8 Å². The third-order valence-electron chi connectivity index (χ3n) is 2.36. The molecule has 0 aliphatic carbocycles. The van der Waals surface area contributed by atoms with E-state index in [1.807, 2.05) is 6.07 Å². The number of nitrogens with zero attached hydrogens (tertiary/aromatic N) is 1. The van der Waals surface area contributed by atoms with E-state index < -0.39 is 20.9 Å². The second kappa shape index (κ2) is 5.08. The van der Waals surface area contributed by atoms with Crippen LogP contribution in [0.5, 0.6) is 0 Å². The highest BCUT2D eigenvalue weighted by atomic mass is 32.2.